The first-order valence-electron chi connectivity index (χ1n) is 6.01. The van der Waals surface area contributed by atoms with Gasteiger partial charge >= 0.3 is 0 Å². The van der Waals surface area contributed by atoms with Crippen LogP contribution >= 0.6 is 22.9 Å². The molecule has 0 bridgehead atoms. The van der Waals surface area contributed by atoms with Crippen molar-refractivity contribution in [1.82, 2.24) is 10.3 Å². The Morgan fingerprint density at radius 2 is 2.12 bits per heavy atom. The number of thiazole rings is 1. The molecular weight excluding hydrogens is 252 g/mol. The molecule has 0 radical (unpaired) electrons. The molecule has 4 heteroatoms. The fourth-order valence-corrected chi connectivity index (χ4v) is 4.01. The van der Waals surface area contributed by atoms with Crippen LogP contribution in [0.5, 0.6) is 0 Å². The summed E-state index contributed by atoms with van der Waals surface area (Å²) in [6.07, 6.45) is 2.40. The lowest BCUT2D eigenvalue weighted by Crippen LogP contribution is -2.26. The zero-order chi connectivity index (χ0) is 11.8. The van der Waals surface area contributed by atoms with Gasteiger partial charge in [0.15, 0.2) is 0 Å². The van der Waals surface area contributed by atoms with Gasteiger partial charge in [-0.15, -0.1) is 11.3 Å². The molecule has 2 heterocycles. The summed E-state index contributed by atoms with van der Waals surface area (Å²) in [4.78, 5) is 4.81. The van der Waals surface area contributed by atoms with Crippen LogP contribution in [0.4, 0.5) is 0 Å². The third-order valence-corrected chi connectivity index (χ3v) is 4.74. The predicted octanol–water partition coefficient (Wildman–Crippen LogP) is 3.73. The molecule has 1 aliphatic heterocycles. The van der Waals surface area contributed by atoms with E-state index in [1.807, 2.05) is 23.5 Å². The fourth-order valence-electron chi connectivity index (χ4n) is 2.42. The molecule has 1 aromatic heterocycles. The van der Waals surface area contributed by atoms with Crippen molar-refractivity contribution in [2.24, 2.45) is 0 Å². The van der Waals surface area contributed by atoms with E-state index < -0.39 is 0 Å². The van der Waals surface area contributed by atoms with Crippen LogP contribution in [-0.4, -0.2) is 18.1 Å². The Balaban J connectivity index is 2.03. The Morgan fingerprint density at radius 3 is 2.88 bits per heavy atom. The largest absolute Gasteiger partial charge is 0.317 e. The Hall–Kier alpha value is -0.640. The smallest absolute Gasteiger partial charge is 0.0970 e. The summed E-state index contributed by atoms with van der Waals surface area (Å²) in [5, 5.41) is 5.49. The number of hydrogen-bond acceptors (Lipinski definition) is 3. The van der Waals surface area contributed by atoms with Gasteiger partial charge in [-0.2, -0.15) is 0 Å². The van der Waals surface area contributed by atoms with Gasteiger partial charge in [0.1, 0.15) is 0 Å². The van der Waals surface area contributed by atoms with Gasteiger partial charge < -0.3 is 5.32 Å². The maximum atomic E-state index is 6.09. The SMILES string of the molecule is Cc1cc(Cl)cc2sc(C3CCNCC3)nc12. The van der Waals surface area contributed by atoms with Crippen molar-refractivity contribution in [3.8, 4) is 0 Å². The third kappa shape index (κ3) is 2.19. The van der Waals surface area contributed by atoms with Gasteiger partial charge in [0, 0.05) is 10.9 Å². The maximum Gasteiger partial charge on any atom is 0.0970 e. The number of aryl methyl sites for hydroxylation is 1. The number of nitrogens with zero attached hydrogens (tertiary/aromatic N) is 1. The second-order valence-corrected chi connectivity index (χ2v) is 6.14. The summed E-state index contributed by atoms with van der Waals surface area (Å²) in [6.45, 7) is 4.31. The molecule has 90 valence electrons. The van der Waals surface area contributed by atoms with Gasteiger partial charge in [0.05, 0.1) is 15.2 Å². The number of piperidine rings is 1. The quantitative estimate of drug-likeness (QED) is 0.851. The molecule has 1 aliphatic rings. The topological polar surface area (TPSA) is 24.9 Å². The molecule has 1 fully saturated rings. The van der Waals surface area contributed by atoms with Gasteiger partial charge in [-0.1, -0.05) is 11.6 Å². The van der Waals surface area contributed by atoms with Crippen molar-refractivity contribution in [2.45, 2.75) is 25.7 Å². The molecule has 3 rings (SSSR count). The van der Waals surface area contributed by atoms with Crippen molar-refractivity contribution < 1.29 is 0 Å². The van der Waals surface area contributed by atoms with E-state index in [4.69, 9.17) is 16.6 Å². The van der Waals surface area contributed by atoms with Crippen LogP contribution in [-0.2, 0) is 0 Å². The molecule has 17 heavy (non-hydrogen) atoms. The van der Waals surface area contributed by atoms with Crippen LogP contribution in [0.2, 0.25) is 5.02 Å². The molecule has 1 N–H and O–H groups in total. The fraction of sp³-hybridized carbons (Fsp3) is 0.462. The molecule has 0 saturated carbocycles. The van der Waals surface area contributed by atoms with Gasteiger partial charge in [-0.25, -0.2) is 4.98 Å². The molecular formula is C13H15ClN2S. The number of fused-ring (bicyclic) bond motifs is 1. The summed E-state index contributed by atoms with van der Waals surface area (Å²) in [6, 6.07) is 4.03. The van der Waals surface area contributed by atoms with E-state index in [-0.39, 0.29) is 0 Å². The Kier molecular flexibility index (Phi) is 3.07. The lowest BCUT2D eigenvalue weighted by molar-refractivity contribution is 0.459. The van der Waals surface area contributed by atoms with Crippen molar-refractivity contribution in [3.05, 3.63) is 27.7 Å². The summed E-state index contributed by atoms with van der Waals surface area (Å²) in [5.74, 6) is 0.631. The lowest BCUT2D eigenvalue weighted by Gasteiger charge is -2.20. The number of rotatable bonds is 1. The summed E-state index contributed by atoms with van der Waals surface area (Å²) < 4.78 is 1.23. The van der Waals surface area contributed by atoms with Crippen molar-refractivity contribution >= 4 is 33.2 Å². The molecule has 2 aromatic rings. The van der Waals surface area contributed by atoms with E-state index >= 15 is 0 Å². The Morgan fingerprint density at radius 1 is 1.35 bits per heavy atom. The number of benzene rings is 1. The Labute approximate surface area is 110 Å². The van der Waals surface area contributed by atoms with Gasteiger partial charge in [0.2, 0.25) is 0 Å². The molecule has 0 amide bonds. The average molecular weight is 267 g/mol. The molecule has 1 aromatic carbocycles. The zero-order valence-corrected chi connectivity index (χ0v) is 11.4. The first-order chi connectivity index (χ1) is 8.24. The van der Waals surface area contributed by atoms with Crippen LogP contribution in [0.3, 0.4) is 0 Å². The van der Waals surface area contributed by atoms with Gasteiger partial charge in [-0.05, 0) is 50.6 Å². The van der Waals surface area contributed by atoms with E-state index in [1.54, 1.807) is 0 Å². The molecule has 0 aliphatic carbocycles. The van der Waals surface area contributed by atoms with Crippen LogP contribution < -0.4 is 5.32 Å². The molecule has 0 atom stereocenters. The van der Waals surface area contributed by atoms with E-state index in [0.29, 0.717) is 5.92 Å². The molecule has 0 spiro atoms. The summed E-state index contributed by atoms with van der Waals surface area (Å²) in [7, 11) is 0. The number of hydrogen-bond donors (Lipinski definition) is 1. The van der Waals surface area contributed by atoms with Gasteiger partial charge in [0.25, 0.3) is 0 Å². The highest BCUT2D eigenvalue weighted by Crippen LogP contribution is 2.34. The van der Waals surface area contributed by atoms with Crippen LogP contribution in [0.15, 0.2) is 12.1 Å². The summed E-state index contributed by atoms with van der Waals surface area (Å²) >= 11 is 7.90. The van der Waals surface area contributed by atoms with Crippen LogP contribution in [0, 0.1) is 6.92 Å². The van der Waals surface area contributed by atoms with E-state index in [9.17, 15) is 0 Å². The van der Waals surface area contributed by atoms with Crippen molar-refractivity contribution in [3.63, 3.8) is 0 Å². The minimum absolute atomic E-state index is 0.631. The second-order valence-electron chi connectivity index (χ2n) is 4.65. The summed E-state index contributed by atoms with van der Waals surface area (Å²) in [5.41, 5.74) is 2.32. The van der Waals surface area contributed by atoms with E-state index in [1.165, 1.54) is 28.1 Å². The normalized spacial score (nSPS) is 17.8. The minimum Gasteiger partial charge on any atom is -0.317 e. The third-order valence-electron chi connectivity index (χ3n) is 3.36. The standard InChI is InChI=1S/C13H15ClN2S/c1-8-6-10(14)7-11-12(8)16-13(17-11)9-2-4-15-5-3-9/h6-7,9,15H,2-5H2,1H3. The molecule has 1 saturated heterocycles. The highest BCUT2D eigenvalue weighted by atomic mass is 35.5. The highest BCUT2D eigenvalue weighted by Gasteiger charge is 2.19. The molecule has 0 unspecified atom stereocenters. The van der Waals surface area contributed by atoms with Gasteiger partial charge in [-0.3, -0.25) is 0 Å². The van der Waals surface area contributed by atoms with Crippen molar-refractivity contribution in [2.75, 3.05) is 13.1 Å². The minimum atomic E-state index is 0.631. The lowest BCUT2D eigenvalue weighted by atomic mass is 9.99. The van der Waals surface area contributed by atoms with Crippen molar-refractivity contribution in [1.29, 1.82) is 0 Å². The Bertz CT molecular complexity index is 544. The first kappa shape index (κ1) is 11.5. The number of nitrogens with one attached hydrogen (secondary N) is 1. The molecule has 2 nitrogen and oxygen atoms in total. The number of halogens is 1. The van der Waals surface area contributed by atoms with Crippen LogP contribution in [0.25, 0.3) is 10.2 Å². The van der Waals surface area contributed by atoms with E-state index in [0.717, 1.165) is 23.6 Å². The van der Waals surface area contributed by atoms with E-state index in [2.05, 4.69) is 12.2 Å². The zero-order valence-electron chi connectivity index (χ0n) is 9.79. The monoisotopic (exact) mass is 266 g/mol. The highest BCUT2D eigenvalue weighted by molar-refractivity contribution is 7.18. The van der Waals surface area contributed by atoms with Crippen LogP contribution in [0.1, 0.15) is 29.3 Å². The number of aromatic nitrogens is 1. The first-order valence-corrected chi connectivity index (χ1v) is 7.21. The second kappa shape index (κ2) is 4.56. The average Bonchev–Trinajstić information content (AvgIpc) is 2.74. The maximum absolute atomic E-state index is 6.09. The predicted molar refractivity (Wildman–Crippen MR) is 74.2 cm³/mol.